The minimum Gasteiger partial charge on any atom is -0.366 e. The second kappa shape index (κ2) is 11.9. The summed E-state index contributed by atoms with van der Waals surface area (Å²) in [5, 5.41) is 0. The van der Waals surface area contributed by atoms with Crippen LogP contribution in [-0.2, 0) is 11.3 Å². The molecule has 2 aliphatic heterocycles. The molecule has 2 saturated heterocycles. The number of fused-ring (bicyclic) bond motifs is 1. The molecule has 1 aromatic carbocycles. The van der Waals surface area contributed by atoms with Crippen LogP contribution in [0.4, 0.5) is 0 Å². The van der Waals surface area contributed by atoms with Crippen LogP contribution in [0.5, 0.6) is 0 Å². The van der Waals surface area contributed by atoms with E-state index in [1.807, 2.05) is 0 Å². The molecule has 2 nitrogen and oxygen atoms in total. The topological polar surface area (TPSA) is 15.8 Å². The molecule has 0 bridgehead atoms. The smallest absolute Gasteiger partial charge is 0.101 e. The van der Waals surface area contributed by atoms with E-state index in [9.17, 15) is 0 Å². The zero-order valence-corrected chi connectivity index (χ0v) is 17.6. The third-order valence-electron chi connectivity index (χ3n) is 6.47. The molecule has 2 aliphatic rings. The van der Waals surface area contributed by atoms with Gasteiger partial charge in [-0.15, -0.1) is 0 Å². The Morgan fingerprint density at radius 3 is 2.04 bits per heavy atom. The van der Waals surface area contributed by atoms with Crippen LogP contribution in [0.3, 0.4) is 0 Å². The number of likely N-dealkylation sites (tertiary alicyclic amines) is 1. The average molecular weight is 372 g/mol. The molecule has 3 atom stereocenters. The van der Waals surface area contributed by atoms with Gasteiger partial charge in [-0.2, -0.15) is 0 Å². The molecular weight excluding hydrogens is 330 g/mol. The zero-order valence-electron chi connectivity index (χ0n) is 17.6. The molecule has 3 rings (SSSR count). The van der Waals surface area contributed by atoms with Crippen molar-refractivity contribution >= 4 is 0 Å². The standard InChI is InChI=1S/C25H41NO/c1-2-3-4-5-6-7-8-9-10-11-12-16-19-23-25-24(27-25)21-26(23)20-22-17-14-13-15-18-22/h13-15,17-18,23-25H,2-12,16,19-21H2,1H3/t23-,24+,25-/m0/s1. The number of unbranched alkanes of at least 4 members (excludes halogenated alkanes) is 11. The second-order valence-corrected chi connectivity index (χ2v) is 8.80. The third-order valence-corrected chi connectivity index (χ3v) is 6.47. The Labute approximate surface area is 167 Å². The van der Waals surface area contributed by atoms with Crippen LogP contribution in [-0.4, -0.2) is 29.7 Å². The Morgan fingerprint density at radius 2 is 1.41 bits per heavy atom. The molecule has 152 valence electrons. The zero-order chi connectivity index (χ0) is 18.7. The van der Waals surface area contributed by atoms with Crippen molar-refractivity contribution in [1.29, 1.82) is 0 Å². The normalized spacial score (nSPS) is 24.3. The predicted octanol–water partition coefficient (Wildman–Crippen LogP) is 6.73. The number of epoxide rings is 1. The van der Waals surface area contributed by atoms with Gasteiger partial charge in [-0.1, -0.05) is 114 Å². The lowest BCUT2D eigenvalue weighted by molar-refractivity contribution is 0.126. The Morgan fingerprint density at radius 1 is 0.815 bits per heavy atom. The van der Waals surface area contributed by atoms with E-state index in [2.05, 4.69) is 42.2 Å². The van der Waals surface area contributed by atoms with Crippen molar-refractivity contribution in [3.05, 3.63) is 35.9 Å². The molecule has 0 aromatic heterocycles. The van der Waals surface area contributed by atoms with Crippen molar-refractivity contribution < 1.29 is 4.74 Å². The SMILES string of the molecule is CCCCCCCCCCCCCC[C@H]1[C@@H]2O[C@@H]2CN1Cc1ccccc1. The maximum Gasteiger partial charge on any atom is 0.101 e. The van der Waals surface area contributed by atoms with Gasteiger partial charge in [0.2, 0.25) is 0 Å². The van der Waals surface area contributed by atoms with E-state index in [1.165, 1.54) is 89.0 Å². The van der Waals surface area contributed by atoms with Gasteiger partial charge < -0.3 is 4.74 Å². The first-order chi connectivity index (χ1) is 13.4. The van der Waals surface area contributed by atoms with E-state index >= 15 is 0 Å². The quantitative estimate of drug-likeness (QED) is 0.251. The number of hydrogen-bond donors (Lipinski definition) is 0. The fraction of sp³-hybridized carbons (Fsp3) is 0.760. The molecule has 0 aliphatic carbocycles. The Hall–Kier alpha value is -0.860. The van der Waals surface area contributed by atoms with E-state index < -0.39 is 0 Å². The number of nitrogens with zero attached hydrogens (tertiary/aromatic N) is 1. The van der Waals surface area contributed by atoms with Crippen LogP contribution >= 0.6 is 0 Å². The number of ether oxygens (including phenoxy) is 1. The average Bonchev–Trinajstić information content (AvgIpc) is 3.37. The highest BCUT2D eigenvalue weighted by Gasteiger charge is 2.53. The fourth-order valence-electron chi connectivity index (χ4n) is 4.76. The van der Waals surface area contributed by atoms with Crippen LogP contribution in [0.2, 0.25) is 0 Å². The largest absolute Gasteiger partial charge is 0.366 e. The van der Waals surface area contributed by atoms with Gasteiger partial charge in [-0.3, -0.25) is 4.90 Å². The maximum atomic E-state index is 5.85. The maximum absolute atomic E-state index is 5.85. The summed E-state index contributed by atoms with van der Waals surface area (Å²) in [6.07, 6.45) is 19.6. The predicted molar refractivity (Wildman–Crippen MR) is 115 cm³/mol. The van der Waals surface area contributed by atoms with Crippen LogP contribution < -0.4 is 0 Å². The van der Waals surface area contributed by atoms with Crippen LogP contribution in [0, 0.1) is 0 Å². The number of benzene rings is 1. The molecule has 0 saturated carbocycles. The monoisotopic (exact) mass is 371 g/mol. The fourth-order valence-corrected chi connectivity index (χ4v) is 4.76. The molecule has 1 aromatic rings. The highest BCUT2D eigenvalue weighted by atomic mass is 16.6. The van der Waals surface area contributed by atoms with Crippen molar-refractivity contribution in [2.45, 2.75) is 115 Å². The van der Waals surface area contributed by atoms with Gasteiger partial charge in [-0.05, 0) is 12.0 Å². The van der Waals surface area contributed by atoms with Gasteiger partial charge in [0.05, 0.1) is 6.10 Å². The van der Waals surface area contributed by atoms with Gasteiger partial charge in [0.25, 0.3) is 0 Å². The summed E-state index contributed by atoms with van der Waals surface area (Å²) in [7, 11) is 0. The number of rotatable bonds is 15. The molecule has 0 N–H and O–H groups in total. The van der Waals surface area contributed by atoms with Crippen LogP contribution in [0.25, 0.3) is 0 Å². The molecule has 0 unspecified atom stereocenters. The van der Waals surface area contributed by atoms with Gasteiger partial charge >= 0.3 is 0 Å². The highest BCUT2D eigenvalue weighted by molar-refractivity contribution is 5.16. The Kier molecular flexibility index (Phi) is 9.17. The first kappa shape index (κ1) is 20.9. The summed E-state index contributed by atoms with van der Waals surface area (Å²) in [5.74, 6) is 0. The molecule has 0 radical (unpaired) electrons. The van der Waals surface area contributed by atoms with Crippen molar-refractivity contribution in [1.82, 2.24) is 4.90 Å². The van der Waals surface area contributed by atoms with Crippen molar-refractivity contribution in [3.63, 3.8) is 0 Å². The lowest BCUT2D eigenvalue weighted by atomic mass is 10.0. The molecule has 2 heteroatoms. The van der Waals surface area contributed by atoms with Crippen molar-refractivity contribution in [3.8, 4) is 0 Å². The summed E-state index contributed by atoms with van der Waals surface area (Å²) in [6, 6.07) is 11.6. The molecule has 2 heterocycles. The van der Waals surface area contributed by atoms with Gasteiger partial charge in [-0.25, -0.2) is 0 Å². The van der Waals surface area contributed by atoms with E-state index in [-0.39, 0.29) is 0 Å². The van der Waals surface area contributed by atoms with Gasteiger partial charge in [0, 0.05) is 19.1 Å². The van der Waals surface area contributed by atoms with E-state index in [1.54, 1.807) is 0 Å². The number of hydrogen-bond acceptors (Lipinski definition) is 2. The third kappa shape index (κ3) is 7.23. The molecule has 0 spiro atoms. The lowest BCUT2D eigenvalue weighted by Crippen LogP contribution is -2.34. The summed E-state index contributed by atoms with van der Waals surface area (Å²) < 4.78 is 5.85. The van der Waals surface area contributed by atoms with E-state index in [4.69, 9.17) is 4.74 Å². The summed E-state index contributed by atoms with van der Waals surface area (Å²) >= 11 is 0. The van der Waals surface area contributed by atoms with Gasteiger partial charge in [0.15, 0.2) is 0 Å². The lowest BCUT2D eigenvalue weighted by Gasteiger charge is -2.26. The minimum absolute atomic E-state index is 0.538. The van der Waals surface area contributed by atoms with Gasteiger partial charge in [0.1, 0.15) is 6.10 Å². The molecule has 27 heavy (non-hydrogen) atoms. The first-order valence-electron chi connectivity index (χ1n) is 11.8. The van der Waals surface area contributed by atoms with Crippen LogP contribution in [0.15, 0.2) is 30.3 Å². The summed E-state index contributed by atoms with van der Waals surface area (Å²) in [5.41, 5.74) is 1.44. The molecule has 0 amide bonds. The summed E-state index contributed by atoms with van der Waals surface area (Å²) in [4.78, 5) is 2.67. The highest BCUT2D eigenvalue weighted by Crippen LogP contribution is 2.39. The number of morpholine rings is 1. The second-order valence-electron chi connectivity index (χ2n) is 8.80. The Balaban J connectivity index is 1.20. The van der Waals surface area contributed by atoms with Crippen molar-refractivity contribution in [2.75, 3.05) is 6.54 Å². The summed E-state index contributed by atoms with van der Waals surface area (Å²) in [6.45, 7) is 4.53. The minimum atomic E-state index is 0.538. The van der Waals surface area contributed by atoms with E-state index in [0.717, 1.165) is 13.1 Å². The first-order valence-corrected chi connectivity index (χ1v) is 11.8. The van der Waals surface area contributed by atoms with Crippen molar-refractivity contribution in [2.24, 2.45) is 0 Å². The Bertz CT molecular complexity index is 502. The van der Waals surface area contributed by atoms with E-state index in [0.29, 0.717) is 18.2 Å². The van der Waals surface area contributed by atoms with Crippen LogP contribution in [0.1, 0.15) is 96.0 Å². The molecule has 2 fully saturated rings. The molecular formula is C25H41NO.